The summed E-state index contributed by atoms with van der Waals surface area (Å²) in [5, 5.41) is 12.1. The van der Waals surface area contributed by atoms with E-state index in [1.807, 2.05) is 6.07 Å². The summed E-state index contributed by atoms with van der Waals surface area (Å²) in [6.07, 6.45) is -4.54. The number of aromatic nitrogens is 3. The van der Waals surface area contributed by atoms with E-state index < -0.39 is 17.6 Å². The Balaban J connectivity index is 1.58. The van der Waals surface area contributed by atoms with Gasteiger partial charge in [0.1, 0.15) is 23.0 Å². The molecule has 2 aromatic heterocycles. The summed E-state index contributed by atoms with van der Waals surface area (Å²) >= 11 is 0. The highest BCUT2D eigenvalue weighted by Gasteiger charge is 2.30. The number of hydrogen-bond donors (Lipinski definition) is 2. The number of nitrogens with one attached hydrogen (secondary N) is 1. The molecule has 0 bridgehead atoms. The Hall–Kier alpha value is -4.13. The summed E-state index contributed by atoms with van der Waals surface area (Å²) in [5.41, 5.74) is 7.25. The molecule has 4 rings (SSSR count). The van der Waals surface area contributed by atoms with Crippen molar-refractivity contribution < 1.29 is 18.0 Å². The molecule has 0 unspecified atom stereocenters. The van der Waals surface area contributed by atoms with Crippen LogP contribution in [-0.2, 0) is 12.7 Å². The molecule has 31 heavy (non-hydrogen) atoms. The van der Waals surface area contributed by atoms with E-state index in [2.05, 4.69) is 15.3 Å². The van der Waals surface area contributed by atoms with Crippen molar-refractivity contribution in [3.05, 3.63) is 65.2 Å². The van der Waals surface area contributed by atoms with Crippen LogP contribution >= 0.6 is 0 Å². The van der Waals surface area contributed by atoms with E-state index >= 15 is 0 Å². The number of benzene rings is 2. The predicted octanol–water partition coefficient (Wildman–Crippen LogP) is 3.49. The fourth-order valence-corrected chi connectivity index (χ4v) is 3.27. The number of hydrogen-bond acceptors (Lipinski definition) is 5. The average molecular weight is 424 g/mol. The van der Waals surface area contributed by atoms with Gasteiger partial charge < -0.3 is 15.6 Å². The third-order valence-electron chi connectivity index (χ3n) is 4.78. The Bertz CT molecular complexity index is 1350. The van der Waals surface area contributed by atoms with Crippen LogP contribution in [0.3, 0.4) is 0 Å². The van der Waals surface area contributed by atoms with Gasteiger partial charge in [-0.15, -0.1) is 0 Å². The number of fused-ring (bicyclic) bond motifs is 2. The summed E-state index contributed by atoms with van der Waals surface area (Å²) in [6, 6.07) is 13.3. The maximum absolute atomic E-state index is 12.9. The number of nitrogens with two attached hydrogens (primary N) is 1. The fraction of sp³-hybridized carbons (Fsp3) is 0.143. The van der Waals surface area contributed by atoms with Gasteiger partial charge in [0.15, 0.2) is 5.65 Å². The summed E-state index contributed by atoms with van der Waals surface area (Å²) in [7, 11) is 0. The molecule has 0 spiro atoms. The van der Waals surface area contributed by atoms with E-state index in [4.69, 9.17) is 5.73 Å². The fourth-order valence-electron chi connectivity index (χ4n) is 3.27. The van der Waals surface area contributed by atoms with Crippen LogP contribution in [0.25, 0.3) is 22.2 Å². The SMILES string of the molecule is N#Cc1c(N)n(CCNC(=O)c2cccc(C(F)(F)F)c2)c2nc3ccccc3nc12. The third-order valence-corrected chi connectivity index (χ3v) is 4.78. The molecular formula is C21H15F3N6O. The van der Waals surface area contributed by atoms with Gasteiger partial charge in [0, 0.05) is 18.7 Å². The van der Waals surface area contributed by atoms with Gasteiger partial charge >= 0.3 is 6.18 Å². The molecule has 156 valence electrons. The lowest BCUT2D eigenvalue weighted by atomic mass is 10.1. The number of anilines is 1. The normalized spacial score (nSPS) is 11.5. The lowest BCUT2D eigenvalue weighted by Crippen LogP contribution is -2.28. The second kappa shape index (κ2) is 7.60. The van der Waals surface area contributed by atoms with Gasteiger partial charge in [-0.2, -0.15) is 18.4 Å². The molecule has 4 aromatic rings. The monoisotopic (exact) mass is 424 g/mol. The third kappa shape index (κ3) is 3.73. The number of nitrogen functional groups attached to an aromatic ring is 1. The molecular weight excluding hydrogens is 409 g/mol. The zero-order valence-corrected chi connectivity index (χ0v) is 15.9. The van der Waals surface area contributed by atoms with Gasteiger partial charge in [0.2, 0.25) is 0 Å². The second-order valence-corrected chi connectivity index (χ2v) is 6.74. The molecule has 2 aromatic carbocycles. The molecule has 0 radical (unpaired) electrons. The number of carbonyl (C=O) groups is 1. The van der Waals surface area contributed by atoms with Crippen molar-refractivity contribution in [1.29, 1.82) is 5.26 Å². The molecule has 10 heteroatoms. The first-order valence-electron chi connectivity index (χ1n) is 9.19. The minimum atomic E-state index is -4.54. The van der Waals surface area contributed by atoms with E-state index in [1.165, 1.54) is 12.1 Å². The van der Waals surface area contributed by atoms with Gasteiger partial charge in [-0.25, -0.2) is 9.97 Å². The highest BCUT2D eigenvalue weighted by atomic mass is 19.4. The maximum Gasteiger partial charge on any atom is 0.416 e. The van der Waals surface area contributed by atoms with Gasteiger partial charge in [0.05, 0.1) is 16.6 Å². The molecule has 0 aliphatic carbocycles. The summed E-state index contributed by atoms with van der Waals surface area (Å²) in [5.74, 6) is -0.501. The standard InChI is InChI=1S/C21H15F3N6O/c22-21(23,24)13-5-3-4-12(10-13)20(31)27-8-9-30-18(26)14(11-25)17-19(30)29-16-7-2-1-6-15(16)28-17/h1-7,10H,8-9,26H2,(H,27,31). The largest absolute Gasteiger partial charge is 0.416 e. The molecule has 0 atom stereocenters. The number of carbonyl (C=O) groups excluding carboxylic acids is 1. The second-order valence-electron chi connectivity index (χ2n) is 6.74. The minimum Gasteiger partial charge on any atom is -0.384 e. The van der Waals surface area contributed by atoms with E-state index in [-0.39, 0.29) is 30.0 Å². The van der Waals surface area contributed by atoms with Gasteiger partial charge in [-0.1, -0.05) is 18.2 Å². The highest BCUT2D eigenvalue weighted by molar-refractivity contribution is 5.94. The summed E-state index contributed by atoms with van der Waals surface area (Å²) < 4.78 is 40.1. The number of para-hydroxylation sites is 2. The average Bonchev–Trinajstić information content (AvgIpc) is 3.01. The van der Waals surface area contributed by atoms with E-state index in [0.717, 1.165) is 12.1 Å². The summed E-state index contributed by atoms with van der Waals surface area (Å²) in [6.45, 7) is 0.212. The first kappa shape index (κ1) is 20.2. The van der Waals surface area contributed by atoms with Gasteiger partial charge in [-0.05, 0) is 30.3 Å². The smallest absolute Gasteiger partial charge is 0.384 e. The number of rotatable bonds is 4. The van der Waals surface area contributed by atoms with Crippen LogP contribution in [0, 0.1) is 11.3 Å². The van der Waals surface area contributed by atoms with Gasteiger partial charge in [-0.3, -0.25) is 4.79 Å². The van der Waals surface area contributed by atoms with Crippen LogP contribution in [0.1, 0.15) is 21.5 Å². The van der Waals surface area contributed by atoms with Crippen molar-refractivity contribution in [2.45, 2.75) is 12.7 Å². The molecule has 0 aliphatic rings. The first-order chi connectivity index (χ1) is 14.8. The van der Waals surface area contributed by atoms with Crippen molar-refractivity contribution in [3.63, 3.8) is 0 Å². The lowest BCUT2D eigenvalue weighted by Gasteiger charge is -2.11. The maximum atomic E-state index is 12.9. The molecule has 0 saturated carbocycles. The van der Waals surface area contributed by atoms with Crippen LogP contribution in [0.15, 0.2) is 48.5 Å². The number of nitriles is 1. The van der Waals surface area contributed by atoms with Crippen LogP contribution in [0.2, 0.25) is 0 Å². The van der Waals surface area contributed by atoms with Crippen molar-refractivity contribution >= 4 is 33.9 Å². The number of halogens is 3. The van der Waals surface area contributed by atoms with Crippen LogP contribution < -0.4 is 11.1 Å². The van der Waals surface area contributed by atoms with Crippen LogP contribution in [0.5, 0.6) is 0 Å². The Kier molecular flexibility index (Phi) is 4.94. The molecule has 0 aliphatic heterocycles. The predicted molar refractivity (Wildman–Crippen MR) is 108 cm³/mol. The zero-order chi connectivity index (χ0) is 22.2. The van der Waals surface area contributed by atoms with Crippen LogP contribution in [0.4, 0.5) is 19.0 Å². The Labute approximate surface area is 173 Å². The van der Waals surface area contributed by atoms with E-state index in [1.54, 1.807) is 28.8 Å². The Morgan fingerprint density at radius 3 is 2.52 bits per heavy atom. The van der Waals surface area contributed by atoms with Crippen molar-refractivity contribution in [2.24, 2.45) is 0 Å². The van der Waals surface area contributed by atoms with E-state index in [0.29, 0.717) is 22.2 Å². The highest BCUT2D eigenvalue weighted by Crippen LogP contribution is 2.29. The Morgan fingerprint density at radius 1 is 1.13 bits per heavy atom. The van der Waals surface area contributed by atoms with Crippen molar-refractivity contribution in [1.82, 2.24) is 19.9 Å². The number of amides is 1. The molecule has 3 N–H and O–H groups in total. The van der Waals surface area contributed by atoms with Gasteiger partial charge in [0.25, 0.3) is 5.91 Å². The molecule has 0 saturated heterocycles. The summed E-state index contributed by atoms with van der Waals surface area (Å²) in [4.78, 5) is 21.3. The lowest BCUT2D eigenvalue weighted by molar-refractivity contribution is -0.137. The zero-order valence-electron chi connectivity index (χ0n) is 15.9. The minimum absolute atomic E-state index is 0.0580. The quantitative estimate of drug-likeness (QED) is 0.521. The topological polar surface area (TPSA) is 110 Å². The van der Waals surface area contributed by atoms with Crippen molar-refractivity contribution in [2.75, 3.05) is 12.3 Å². The Morgan fingerprint density at radius 2 is 1.84 bits per heavy atom. The molecule has 0 fully saturated rings. The van der Waals surface area contributed by atoms with Crippen LogP contribution in [-0.4, -0.2) is 27.0 Å². The number of alkyl halides is 3. The molecule has 2 heterocycles. The van der Waals surface area contributed by atoms with Crippen molar-refractivity contribution in [3.8, 4) is 6.07 Å². The molecule has 1 amide bonds. The molecule has 7 nitrogen and oxygen atoms in total. The first-order valence-corrected chi connectivity index (χ1v) is 9.19. The number of nitrogens with zero attached hydrogens (tertiary/aromatic N) is 4. The van der Waals surface area contributed by atoms with E-state index in [9.17, 15) is 23.2 Å².